The van der Waals surface area contributed by atoms with E-state index in [1.54, 1.807) is 13.3 Å². The van der Waals surface area contributed by atoms with Gasteiger partial charge in [-0.05, 0) is 17.7 Å². The van der Waals surface area contributed by atoms with Gasteiger partial charge in [0.05, 0.1) is 12.7 Å². The zero-order valence-electron chi connectivity index (χ0n) is 10.4. The van der Waals surface area contributed by atoms with Gasteiger partial charge in [-0.2, -0.15) is 5.26 Å². The molecule has 0 aliphatic heterocycles. The monoisotopic (exact) mass is 244 g/mol. The molecule has 0 unspecified atom stereocenters. The van der Waals surface area contributed by atoms with Crippen LogP contribution in [0.15, 0.2) is 24.5 Å². The van der Waals surface area contributed by atoms with Gasteiger partial charge in [0.15, 0.2) is 0 Å². The first kappa shape index (κ1) is 12.6. The average molecular weight is 244 g/mol. The predicted molar refractivity (Wildman–Crippen MR) is 68.9 cm³/mol. The molecule has 0 bridgehead atoms. The lowest BCUT2D eigenvalue weighted by molar-refractivity contribution is 0.199. The zero-order valence-corrected chi connectivity index (χ0v) is 10.4. The summed E-state index contributed by atoms with van der Waals surface area (Å²) in [5.74, 6) is 0. The molecule has 0 fully saturated rings. The second kappa shape index (κ2) is 6.15. The fraction of sp³-hybridized carbons (Fsp3) is 0.385. The van der Waals surface area contributed by atoms with Crippen molar-refractivity contribution in [3.63, 3.8) is 0 Å². The molecule has 0 saturated heterocycles. The Balaban J connectivity index is 2.19. The summed E-state index contributed by atoms with van der Waals surface area (Å²) in [5, 5.41) is 13.2. The maximum Gasteiger partial charge on any atom is 0.141 e. The molecule has 2 heterocycles. The molecule has 94 valence electrons. The average Bonchev–Trinajstić information content (AvgIpc) is 2.74. The Morgan fingerprint density at radius 1 is 1.56 bits per heavy atom. The van der Waals surface area contributed by atoms with Crippen molar-refractivity contribution in [2.24, 2.45) is 0 Å². The van der Waals surface area contributed by atoms with E-state index in [2.05, 4.69) is 16.4 Å². The molecule has 5 heteroatoms. The Bertz CT molecular complexity index is 556. The van der Waals surface area contributed by atoms with Gasteiger partial charge in [0.1, 0.15) is 12.2 Å². The van der Waals surface area contributed by atoms with E-state index in [1.165, 1.54) is 0 Å². The molecule has 0 amide bonds. The van der Waals surface area contributed by atoms with Crippen LogP contribution in [0, 0.1) is 11.3 Å². The molecule has 5 nitrogen and oxygen atoms in total. The normalized spacial score (nSPS) is 10.7. The Hall–Kier alpha value is -1.90. The van der Waals surface area contributed by atoms with Crippen LogP contribution in [0.25, 0.3) is 11.0 Å². The first-order valence-corrected chi connectivity index (χ1v) is 5.86. The van der Waals surface area contributed by atoms with Crippen LogP contribution in [-0.4, -0.2) is 29.8 Å². The van der Waals surface area contributed by atoms with Crippen LogP contribution in [0.5, 0.6) is 0 Å². The molecule has 0 saturated carbocycles. The molecule has 0 radical (unpaired) electrons. The number of aromatic nitrogens is 2. The number of ether oxygens (including phenoxy) is 1. The highest BCUT2D eigenvalue weighted by Crippen LogP contribution is 2.18. The summed E-state index contributed by atoms with van der Waals surface area (Å²) in [4.78, 5) is 4.32. The van der Waals surface area contributed by atoms with E-state index >= 15 is 0 Å². The van der Waals surface area contributed by atoms with E-state index in [0.717, 1.165) is 29.7 Å². The lowest BCUT2D eigenvalue weighted by atomic mass is 10.2. The summed E-state index contributed by atoms with van der Waals surface area (Å²) in [6, 6.07) is 6.09. The minimum atomic E-state index is 0.325. The Morgan fingerprint density at radius 2 is 2.44 bits per heavy atom. The van der Waals surface area contributed by atoms with Gasteiger partial charge in [-0.15, -0.1) is 0 Å². The van der Waals surface area contributed by atoms with E-state index < -0.39 is 0 Å². The van der Waals surface area contributed by atoms with Crippen LogP contribution in [0.1, 0.15) is 5.56 Å². The van der Waals surface area contributed by atoms with Crippen LogP contribution in [0.3, 0.4) is 0 Å². The highest BCUT2D eigenvalue weighted by atomic mass is 16.5. The Morgan fingerprint density at radius 3 is 3.22 bits per heavy atom. The molecular weight excluding hydrogens is 228 g/mol. The number of nitrogens with one attached hydrogen (secondary N) is 1. The highest BCUT2D eigenvalue weighted by Gasteiger charge is 2.08. The van der Waals surface area contributed by atoms with E-state index in [9.17, 15) is 0 Å². The molecule has 1 N–H and O–H groups in total. The summed E-state index contributed by atoms with van der Waals surface area (Å²) in [7, 11) is 1.68. The maximum atomic E-state index is 8.80. The third kappa shape index (κ3) is 2.67. The molecule has 0 aliphatic rings. The van der Waals surface area contributed by atoms with Crippen molar-refractivity contribution in [1.29, 1.82) is 5.26 Å². The SMILES string of the molecule is COCCNCc1cn(CC#N)c2ncccc12. The molecule has 2 aromatic rings. The fourth-order valence-corrected chi connectivity index (χ4v) is 1.93. The van der Waals surface area contributed by atoms with Gasteiger partial charge in [0, 0.05) is 38.0 Å². The molecule has 0 spiro atoms. The summed E-state index contributed by atoms with van der Waals surface area (Å²) in [5.41, 5.74) is 2.02. The van der Waals surface area contributed by atoms with Crippen molar-refractivity contribution in [3.05, 3.63) is 30.1 Å². The number of nitrogens with zero attached hydrogens (tertiary/aromatic N) is 3. The topological polar surface area (TPSA) is 62.9 Å². The minimum Gasteiger partial charge on any atom is -0.383 e. The van der Waals surface area contributed by atoms with Crippen LogP contribution in [0.2, 0.25) is 0 Å². The van der Waals surface area contributed by atoms with E-state index in [1.807, 2.05) is 22.9 Å². The van der Waals surface area contributed by atoms with Gasteiger partial charge in [-0.25, -0.2) is 4.98 Å². The Kier molecular flexibility index (Phi) is 4.29. The molecule has 0 aliphatic carbocycles. The van der Waals surface area contributed by atoms with Gasteiger partial charge in [0.2, 0.25) is 0 Å². The van der Waals surface area contributed by atoms with Crippen molar-refractivity contribution in [2.45, 2.75) is 13.1 Å². The molecule has 0 atom stereocenters. The van der Waals surface area contributed by atoms with Crippen LogP contribution in [0.4, 0.5) is 0 Å². The van der Waals surface area contributed by atoms with Gasteiger partial charge in [-0.3, -0.25) is 0 Å². The lowest BCUT2D eigenvalue weighted by Crippen LogP contribution is -2.18. The second-order valence-electron chi connectivity index (χ2n) is 3.98. The van der Waals surface area contributed by atoms with Gasteiger partial charge in [-0.1, -0.05) is 0 Å². The number of pyridine rings is 1. The maximum absolute atomic E-state index is 8.80. The number of methoxy groups -OCH3 is 1. The minimum absolute atomic E-state index is 0.325. The van der Waals surface area contributed by atoms with Crippen LogP contribution >= 0.6 is 0 Å². The van der Waals surface area contributed by atoms with Gasteiger partial charge in [0.25, 0.3) is 0 Å². The van der Waals surface area contributed by atoms with E-state index in [-0.39, 0.29) is 0 Å². The van der Waals surface area contributed by atoms with Crippen LogP contribution < -0.4 is 5.32 Å². The van der Waals surface area contributed by atoms with Crippen LogP contribution in [-0.2, 0) is 17.8 Å². The first-order valence-electron chi connectivity index (χ1n) is 5.86. The molecule has 2 aromatic heterocycles. The van der Waals surface area contributed by atoms with Crippen molar-refractivity contribution < 1.29 is 4.74 Å². The summed E-state index contributed by atoms with van der Waals surface area (Å²) < 4.78 is 6.87. The molecule has 2 rings (SSSR count). The van der Waals surface area contributed by atoms with E-state index in [0.29, 0.717) is 13.2 Å². The number of nitriles is 1. The summed E-state index contributed by atoms with van der Waals surface area (Å²) in [6.07, 6.45) is 3.74. The smallest absolute Gasteiger partial charge is 0.141 e. The number of hydrogen-bond acceptors (Lipinski definition) is 4. The number of fused-ring (bicyclic) bond motifs is 1. The molecule has 18 heavy (non-hydrogen) atoms. The molecule has 0 aromatic carbocycles. The van der Waals surface area contributed by atoms with Crippen molar-refractivity contribution in [2.75, 3.05) is 20.3 Å². The standard InChI is InChI=1S/C13H16N4O/c1-18-8-6-15-9-11-10-17(7-4-14)13-12(11)3-2-5-16-13/h2-3,5,10,15H,6-9H2,1H3. The quantitative estimate of drug-likeness (QED) is 0.778. The molecular formula is C13H16N4O. The van der Waals surface area contributed by atoms with Gasteiger partial charge >= 0.3 is 0 Å². The third-order valence-electron chi connectivity index (χ3n) is 2.76. The Labute approximate surface area is 106 Å². The van der Waals surface area contributed by atoms with Crippen molar-refractivity contribution >= 4 is 11.0 Å². The number of hydrogen-bond donors (Lipinski definition) is 1. The van der Waals surface area contributed by atoms with E-state index in [4.69, 9.17) is 10.00 Å². The van der Waals surface area contributed by atoms with Crippen molar-refractivity contribution in [1.82, 2.24) is 14.9 Å². The fourth-order valence-electron chi connectivity index (χ4n) is 1.93. The van der Waals surface area contributed by atoms with Gasteiger partial charge < -0.3 is 14.6 Å². The first-order chi connectivity index (χ1) is 8.86. The second-order valence-corrected chi connectivity index (χ2v) is 3.98. The lowest BCUT2D eigenvalue weighted by Gasteiger charge is -2.02. The highest BCUT2D eigenvalue weighted by molar-refractivity contribution is 5.80. The number of rotatable bonds is 6. The summed E-state index contributed by atoms with van der Waals surface area (Å²) >= 11 is 0. The largest absolute Gasteiger partial charge is 0.383 e. The summed E-state index contributed by atoms with van der Waals surface area (Å²) in [6.45, 7) is 2.58. The zero-order chi connectivity index (χ0) is 12.8. The third-order valence-corrected chi connectivity index (χ3v) is 2.76. The predicted octanol–water partition coefficient (Wildman–Crippen LogP) is 1.30. The van der Waals surface area contributed by atoms with Crippen molar-refractivity contribution in [3.8, 4) is 6.07 Å².